The first kappa shape index (κ1) is 13.8. The number of aromatic nitrogens is 2. The molecule has 0 bridgehead atoms. The maximum Gasteiger partial charge on any atom is 0.124 e. The first-order valence-electron chi connectivity index (χ1n) is 7.08. The van der Waals surface area contributed by atoms with Crippen molar-refractivity contribution < 1.29 is 0 Å². The lowest BCUT2D eigenvalue weighted by Crippen LogP contribution is -2.28. The van der Waals surface area contributed by atoms with E-state index in [-0.39, 0.29) is 0 Å². The average molecular weight is 257 g/mol. The fourth-order valence-electron chi connectivity index (χ4n) is 2.41. The maximum atomic E-state index is 4.72. The molecule has 102 valence electrons. The topological polar surface area (TPSA) is 29.9 Å². The molecule has 0 aliphatic rings. The Kier molecular flexibility index (Phi) is 4.74. The zero-order valence-electron chi connectivity index (χ0n) is 11.9. The van der Waals surface area contributed by atoms with Gasteiger partial charge < -0.3 is 9.88 Å². The largest absolute Gasteiger partial charge is 0.323 e. The lowest BCUT2D eigenvalue weighted by Gasteiger charge is -2.15. The molecule has 3 heteroatoms. The highest BCUT2D eigenvalue weighted by atomic mass is 15.1. The predicted molar refractivity (Wildman–Crippen MR) is 81.1 cm³/mol. The van der Waals surface area contributed by atoms with Crippen LogP contribution in [0.3, 0.4) is 0 Å². The first-order valence-corrected chi connectivity index (χ1v) is 7.08. The Hall–Kier alpha value is -1.61. The monoisotopic (exact) mass is 257 g/mol. The minimum atomic E-state index is 0.567. The van der Waals surface area contributed by atoms with Crippen molar-refractivity contribution >= 4 is 11.0 Å². The van der Waals surface area contributed by atoms with Gasteiger partial charge in [-0.25, -0.2) is 4.98 Å². The van der Waals surface area contributed by atoms with E-state index in [1.54, 1.807) is 0 Å². The molecule has 2 rings (SSSR count). The number of nitrogens with one attached hydrogen (secondary N) is 1. The molecule has 0 aliphatic heterocycles. The number of hydrogen-bond donors (Lipinski definition) is 1. The Balaban J connectivity index is 2.25. The molecule has 0 amide bonds. The molecule has 1 heterocycles. The third-order valence-corrected chi connectivity index (χ3v) is 3.58. The van der Waals surface area contributed by atoms with Gasteiger partial charge in [0.2, 0.25) is 0 Å². The van der Waals surface area contributed by atoms with Crippen molar-refractivity contribution in [2.45, 2.75) is 45.8 Å². The number of rotatable bonds is 7. The van der Waals surface area contributed by atoms with Gasteiger partial charge in [0.1, 0.15) is 5.82 Å². The van der Waals surface area contributed by atoms with Crippen molar-refractivity contribution in [3.8, 4) is 0 Å². The molecule has 0 radical (unpaired) electrons. The number of fused-ring (bicyclic) bond motifs is 1. The molecule has 0 fully saturated rings. The van der Waals surface area contributed by atoms with Crippen LogP contribution < -0.4 is 5.32 Å². The highest BCUT2D eigenvalue weighted by Crippen LogP contribution is 2.16. The van der Waals surface area contributed by atoms with Crippen LogP contribution in [0.1, 0.15) is 32.5 Å². The highest BCUT2D eigenvalue weighted by molar-refractivity contribution is 5.75. The van der Waals surface area contributed by atoms with Gasteiger partial charge in [-0.2, -0.15) is 0 Å². The van der Waals surface area contributed by atoms with Crippen molar-refractivity contribution in [1.29, 1.82) is 0 Å². The molecule has 0 unspecified atom stereocenters. The van der Waals surface area contributed by atoms with Crippen LogP contribution in [-0.2, 0) is 13.1 Å². The van der Waals surface area contributed by atoms with Gasteiger partial charge in [-0.3, -0.25) is 0 Å². The number of hydrogen-bond acceptors (Lipinski definition) is 2. The average Bonchev–Trinajstić information content (AvgIpc) is 2.79. The van der Waals surface area contributed by atoms with Gasteiger partial charge in [0.05, 0.1) is 17.6 Å². The van der Waals surface area contributed by atoms with Gasteiger partial charge in [-0.1, -0.05) is 32.1 Å². The summed E-state index contributed by atoms with van der Waals surface area (Å²) in [7, 11) is 0. The van der Waals surface area contributed by atoms with E-state index < -0.39 is 0 Å². The molecule has 3 nitrogen and oxygen atoms in total. The van der Waals surface area contributed by atoms with Crippen LogP contribution in [0.15, 0.2) is 36.9 Å². The second-order valence-corrected chi connectivity index (χ2v) is 4.81. The summed E-state index contributed by atoms with van der Waals surface area (Å²) in [5, 5.41) is 3.58. The Morgan fingerprint density at radius 3 is 2.74 bits per heavy atom. The quantitative estimate of drug-likeness (QED) is 0.769. The molecule has 0 atom stereocenters. The van der Waals surface area contributed by atoms with E-state index in [1.165, 1.54) is 5.52 Å². The molecule has 19 heavy (non-hydrogen) atoms. The van der Waals surface area contributed by atoms with Crippen molar-refractivity contribution in [2.24, 2.45) is 0 Å². The standard InChI is InChI=1S/C16H23N3/c1-4-11-19-15-10-8-7-9-14(15)18-16(19)12-17-13(5-2)6-3/h4,7-10,13,17H,1,5-6,11-12H2,2-3H3. The SMILES string of the molecule is C=CCn1c(CNC(CC)CC)nc2ccccc21. The van der Waals surface area contributed by atoms with Crippen LogP contribution in [0.4, 0.5) is 0 Å². The van der Waals surface area contributed by atoms with E-state index in [2.05, 4.69) is 48.5 Å². The van der Waals surface area contributed by atoms with Crippen molar-refractivity contribution in [3.63, 3.8) is 0 Å². The minimum Gasteiger partial charge on any atom is -0.323 e. The van der Waals surface area contributed by atoms with Gasteiger partial charge in [0.25, 0.3) is 0 Å². The summed E-state index contributed by atoms with van der Waals surface area (Å²) in [5.41, 5.74) is 2.24. The molecule has 1 aromatic heterocycles. The second-order valence-electron chi connectivity index (χ2n) is 4.81. The predicted octanol–water partition coefficient (Wildman–Crippen LogP) is 3.50. The highest BCUT2D eigenvalue weighted by Gasteiger charge is 2.10. The first-order chi connectivity index (χ1) is 9.30. The lowest BCUT2D eigenvalue weighted by atomic mass is 10.2. The summed E-state index contributed by atoms with van der Waals surface area (Å²) in [6.07, 6.45) is 4.23. The van der Waals surface area contributed by atoms with Crippen molar-refractivity contribution in [2.75, 3.05) is 0 Å². The Labute approximate surface area is 115 Å². The van der Waals surface area contributed by atoms with E-state index in [4.69, 9.17) is 4.98 Å². The van der Waals surface area contributed by atoms with Crippen LogP contribution in [-0.4, -0.2) is 15.6 Å². The van der Waals surface area contributed by atoms with Crippen LogP contribution in [0.25, 0.3) is 11.0 Å². The van der Waals surface area contributed by atoms with Crippen molar-refractivity contribution in [3.05, 3.63) is 42.7 Å². The maximum absolute atomic E-state index is 4.72. The smallest absolute Gasteiger partial charge is 0.124 e. The summed E-state index contributed by atoms with van der Waals surface area (Å²) >= 11 is 0. The summed E-state index contributed by atoms with van der Waals surface area (Å²) in [6, 6.07) is 8.84. The van der Waals surface area contributed by atoms with E-state index in [0.29, 0.717) is 6.04 Å². The van der Waals surface area contributed by atoms with E-state index >= 15 is 0 Å². The molecule has 2 aromatic rings. The Morgan fingerprint density at radius 2 is 2.05 bits per heavy atom. The zero-order chi connectivity index (χ0) is 13.7. The van der Waals surface area contributed by atoms with Crippen LogP contribution >= 0.6 is 0 Å². The number of imidazole rings is 1. The van der Waals surface area contributed by atoms with Gasteiger partial charge in [-0.15, -0.1) is 6.58 Å². The number of benzene rings is 1. The molecule has 1 N–H and O–H groups in total. The van der Waals surface area contributed by atoms with E-state index in [0.717, 1.165) is 37.3 Å². The summed E-state index contributed by atoms with van der Waals surface area (Å²) in [5.74, 6) is 1.09. The third-order valence-electron chi connectivity index (χ3n) is 3.58. The molecule has 0 aliphatic carbocycles. The minimum absolute atomic E-state index is 0.567. The molecular formula is C16H23N3. The molecule has 0 saturated carbocycles. The van der Waals surface area contributed by atoms with E-state index in [9.17, 15) is 0 Å². The molecular weight excluding hydrogens is 234 g/mol. The van der Waals surface area contributed by atoms with Crippen LogP contribution in [0.2, 0.25) is 0 Å². The number of nitrogens with zero attached hydrogens (tertiary/aromatic N) is 2. The molecule has 0 spiro atoms. The summed E-state index contributed by atoms with van der Waals surface area (Å²) in [4.78, 5) is 4.72. The second kappa shape index (κ2) is 6.53. The number of para-hydroxylation sites is 2. The Morgan fingerprint density at radius 1 is 1.32 bits per heavy atom. The molecule has 1 aromatic carbocycles. The summed E-state index contributed by atoms with van der Waals surface area (Å²) in [6.45, 7) is 9.89. The van der Waals surface area contributed by atoms with Crippen LogP contribution in [0, 0.1) is 0 Å². The summed E-state index contributed by atoms with van der Waals surface area (Å²) < 4.78 is 2.23. The van der Waals surface area contributed by atoms with Gasteiger partial charge in [0.15, 0.2) is 0 Å². The molecule has 0 saturated heterocycles. The Bertz CT molecular complexity index is 538. The van der Waals surface area contributed by atoms with E-state index in [1.807, 2.05) is 12.1 Å². The zero-order valence-corrected chi connectivity index (χ0v) is 11.9. The van der Waals surface area contributed by atoms with Gasteiger partial charge >= 0.3 is 0 Å². The fourth-order valence-corrected chi connectivity index (χ4v) is 2.41. The van der Waals surface area contributed by atoms with Gasteiger partial charge in [0, 0.05) is 12.6 Å². The van der Waals surface area contributed by atoms with Crippen molar-refractivity contribution in [1.82, 2.24) is 14.9 Å². The van der Waals surface area contributed by atoms with Gasteiger partial charge in [-0.05, 0) is 25.0 Å². The van der Waals surface area contributed by atoms with Crippen LogP contribution in [0.5, 0.6) is 0 Å². The fraction of sp³-hybridized carbons (Fsp3) is 0.438. The lowest BCUT2D eigenvalue weighted by molar-refractivity contribution is 0.471. The normalized spacial score (nSPS) is 11.3. The third kappa shape index (κ3) is 3.04. The number of allylic oxidation sites excluding steroid dienone is 1.